The van der Waals surface area contributed by atoms with Crippen LogP contribution < -0.4 is 10.5 Å². The van der Waals surface area contributed by atoms with E-state index >= 15 is 0 Å². The van der Waals surface area contributed by atoms with Crippen LogP contribution >= 0.6 is 0 Å². The van der Waals surface area contributed by atoms with Gasteiger partial charge in [-0.3, -0.25) is 19.7 Å². The van der Waals surface area contributed by atoms with E-state index in [4.69, 9.17) is 0 Å². The molecule has 8 nitrogen and oxygen atoms in total. The Labute approximate surface area is 159 Å². The number of para-hydroxylation sites is 1. The minimum absolute atomic E-state index is 0.0678. The molecule has 0 radical (unpaired) electrons. The number of carbonyl (C=O) groups excluding carboxylic acids is 1. The van der Waals surface area contributed by atoms with E-state index in [-0.39, 0.29) is 18.1 Å². The lowest BCUT2D eigenvalue weighted by Gasteiger charge is -2.17. The molecule has 0 spiro atoms. The average Bonchev–Trinajstić information content (AvgIpc) is 3.14. The Balaban J connectivity index is 1.62. The molecular weight excluding hydrogens is 360 g/mol. The number of nitro benzene ring substituents is 1. The third-order valence-electron chi connectivity index (χ3n) is 4.69. The van der Waals surface area contributed by atoms with E-state index in [0.717, 1.165) is 22.4 Å². The summed E-state index contributed by atoms with van der Waals surface area (Å²) < 4.78 is 1.09. The maximum absolute atomic E-state index is 12.8. The number of anilines is 1. The summed E-state index contributed by atoms with van der Waals surface area (Å²) in [6.45, 7) is 0.368. The Morgan fingerprint density at radius 3 is 2.75 bits per heavy atom. The first-order valence-corrected chi connectivity index (χ1v) is 8.74. The minimum atomic E-state index is -0.492. The van der Waals surface area contributed by atoms with Crippen LogP contribution in [-0.2, 0) is 17.8 Å². The number of hydrogen-bond acceptors (Lipinski definition) is 5. The van der Waals surface area contributed by atoms with E-state index in [1.54, 1.807) is 17.0 Å². The summed E-state index contributed by atoms with van der Waals surface area (Å²) in [6.07, 6.45) is 0.776. The van der Waals surface area contributed by atoms with Crippen molar-refractivity contribution < 1.29 is 9.72 Å². The highest BCUT2D eigenvalue weighted by Gasteiger charge is 2.24. The van der Waals surface area contributed by atoms with E-state index in [2.05, 4.69) is 5.10 Å². The lowest BCUT2D eigenvalue weighted by atomic mass is 10.1. The van der Waals surface area contributed by atoms with Crippen LogP contribution in [0.1, 0.15) is 5.56 Å². The van der Waals surface area contributed by atoms with Crippen molar-refractivity contribution in [1.82, 2.24) is 9.78 Å². The molecule has 0 saturated carbocycles. The van der Waals surface area contributed by atoms with E-state index in [9.17, 15) is 19.7 Å². The van der Waals surface area contributed by atoms with Gasteiger partial charge in [0.15, 0.2) is 0 Å². The number of nitro groups is 1. The molecule has 0 unspecified atom stereocenters. The van der Waals surface area contributed by atoms with Crippen LogP contribution in [-0.4, -0.2) is 27.2 Å². The van der Waals surface area contributed by atoms with Gasteiger partial charge in [-0.1, -0.05) is 30.3 Å². The van der Waals surface area contributed by atoms with Crippen LogP contribution in [0.5, 0.6) is 0 Å². The van der Waals surface area contributed by atoms with Crippen LogP contribution in [0.25, 0.3) is 11.3 Å². The molecule has 1 aliphatic rings. The van der Waals surface area contributed by atoms with Crippen molar-refractivity contribution in [3.05, 3.63) is 86.7 Å². The molecule has 0 fully saturated rings. The Hall–Kier alpha value is -3.81. The fraction of sp³-hybridized carbons (Fsp3) is 0.150. The SMILES string of the molecule is O=C(Cn1nc(-c2cccc([N+](=O)[O-])c2)ccc1=O)N1CCc2ccccc21. The summed E-state index contributed by atoms with van der Waals surface area (Å²) in [5.41, 5.74) is 2.37. The summed E-state index contributed by atoms with van der Waals surface area (Å²) in [6, 6.07) is 16.5. The summed E-state index contributed by atoms with van der Waals surface area (Å²) in [5, 5.41) is 15.2. The van der Waals surface area contributed by atoms with Crippen molar-refractivity contribution in [3.8, 4) is 11.3 Å². The molecule has 8 heteroatoms. The molecule has 4 rings (SSSR count). The highest BCUT2D eigenvalue weighted by molar-refractivity contribution is 5.95. The number of amides is 1. The zero-order valence-corrected chi connectivity index (χ0v) is 14.8. The molecule has 0 atom stereocenters. The van der Waals surface area contributed by atoms with Gasteiger partial charge in [0.25, 0.3) is 11.2 Å². The van der Waals surface area contributed by atoms with Crippen LogP contribution in [0, 0.1) is 10.1 Å². The largest absolute Gasteiger partial charge is 0.310 e. The Kier molecular flexibility index (Phi) is 4.44. The third kappa shape index (κ3) is 3.27. The molecular formula is C20H16N4O4. The molecule has 28 heavy (non-hydrogen) atoms. The molecule has 0 bridgehead atoms. The predicted molar refractivity (Wildman–Crippen MR) is 103 cm³/mol. The summed E-state index contributed by atoms with van der Waals surface area (Å²) >= 11 is 0. The van der Waals surface area contributed by atoms with Gasteiger partial charge in [0.1, 0.15) is 6.54 Å². The normalized spacial score (nSPS) is 12.6. The number of benzene rings is 2. The number of hydrogen-bond donors (Lipinski definition) is 0. The number of carbonyl (C=O) groups is 1. The van der Waals surface area contributed by atoms with Crippen molar-refractivity contribution >= 4 is 17.3 Å². The molecule has 0 saturated heterocycles. The van der Waals surface area contributed by atoms with Crippen LogP contribution in [0.15, 0.2) is 65.5 Å². The second kappa shape index (κ2) is 7.07. The Bertz CT molecular complexity index is 1140. The molecule has 1 aromatic heterocycles. The summed E-state index contributed by atoms with van der Waals surface area (Å²) in [4.78, 5) is 37.1. The molecule has 140 valence electrons. The van der Waals surface area contributed by atoms with Gasteiger partial charge in [0.05, 0.1) is 10.6 Å². The number of aromatic nitrogens is 2. The third-order valence-corrected chi connectivity index (χ3v) is 4.69. The van der Waals surface area contributed by atoms with Crippen molar-refractivity contribution in [2.75, 3.05) is 11.4 Å². The molecule has 1 aliphatic heterocycles. The first-order valence-electron chi connectivity index (χ1n) is 8.74. The second-order valence-corrected chi connectivity index (χ2v) is 6.45. The zero-order valence-electron chi connectivity index (χ0n) is 14.8. The van der Waals surface area contributed by atoms with Gasteiger partial charge in [-0.05, 0) is 24.1 Å². The Morgan fingerprint density at radius 2 is 1.93 bits per heavy atom. The van der Waals surface area contributed by atoms with E-state index < -0.39 is 10.5 Å². The maximum atomic E-state index is 12.8. The Morgan fingerprint density at radius 1 is 1.11 bits per heavy atom. The zero-order chi connectivity index (χ0) is 19.7. The molecule has 2 heterocycles. The quantitative estimate of drug-likeness (QED) is 0.514. The fourth-order valence-electron chi connectivity index (χ4n) is 3.31. The summed E-state index contributed by atoms with van der Waals surface area (Å²) in [7, 11) is 0. The number of nitrogens with zero attached hydrogens (tertiary/aromatic N) is 4. The van der Waals surface area contributed by atoms with Crippen LogP contribution in [0.2, 0.25) is 0 Å². The van der Waals surface area contributed by atoms with Crippen molar-refractivity contribution in [2.45, 2.75) is 13.0 Å². The van der Waals surface area contributed by atoms with Crippen molar-refractivity contribution in [1.29, 1.82) is 0 Å². The maximum Gasteiger partial charge on any atom is 0.270 e. The number of non-ortho nitro benzene ring substituents is 1. The molecule has 0 N–H and O–H groups in total. The van der Waals surface area contributed by atoms with Crippen LogP contribution in [0.4, 0.5) is 11.4 Å². The van der Waals surface area contributed by atoms with Gasteiger partial charge in [-0.15, -0.1) is 0 Å². The monoisotopic (exact) mass is 376 g/mol. The van der Waals surface area contributed by atoms with Gasteiger partial charge >= 0.3 is 0 Å². The lowest BCUT2D eigenvalue weighted by Crippen LogP contribution is -2.36. The van der Waals surface area contributed by atoms with Gasteiger partial charge in [-0.25, -0.2) is 4.68 Å². The highest BCUT2D eigenvalue weighted by atomic mass is 16.6. The van der Waals surface area contributed by atoms with E-state index in [1.165, 1.54) is 24.3 Å². The second-order valence-electron chi connectivity index (χ2n) is 6.45. The van der Waals surface area contributed by atoms with Gasteiger partial charge < -0.3 is 4.90 Å². The van der Waals surface area contributed by atoms with E-state index in [0.29, 0.717) is 17.8 Å². The van der Waals surface area contributed by atoms with Crippen molar-refractivity contribution in [2.24, 2.45) is 0 Å². The molecule has 0 aliphatic carbocycles. The smallest absolute Gasteiger partial charge is 0.270 e. The molecule has 3 aromatic rings. The standard InChI is InChI=1S/C20H16N4O4/c25-19-9-8-17(15-5-3-6-16(12-15)24(27)28)21-23(19)13-20(26)22-11-10-14-4-1-2-7-18(14)22/h1-9,12H,10-11,13H2. The predicted octanol–water partition coefficient (Wildman–Crippen LogP) is 2.41. The van der Waals surface area contributed by atoms with Crippen LogP contribution in [0.3, 0.4) is 0 Å². The number of fused-ring (bicyclic) bond motifs is 1. The summed E-state index contributed by atoms with van der Waals surface area (Å²) in [5.74, 6) is -0.226. The lowest BCUT2D eigenvalue weighted by molar-refractivity contribution is -0.384. The first kappa shape index (κ1) is 17.6. The van der Waals surface area contributed by atoms with Gasteiger partial charge in [0, 0.05) is 36.0 Å². The van der Waals surface area contributed by atoms with E-state index in [1.807, 2.05) is 24.3 Å². The van der Waals surface area contributed by atoms with Gasteiger partial charge in [-0.2, -0.15) is 5.10 Å². The average molecular weight is 376 g/mol. The van der Waals surface area contributed by atoms with Gasteiger partial charge in [0.2, 0.25) is 5.91 Å². The minimum Gasteiger partial charge on any atom is -0.310 e. The molecule has 2 aromatic carbocycles. The fourth-order valence-corrected chi connectivity index (χ4v) is 3.31. The topological polar surface area (TPSA) is 98.3 Å². The highest BCUT2D eigenvalue weighted by Crippen LogP contribution is 2.27. The number of rotatable bonds is 4. The molecule has 1 amide bonds. The first-order chi connectivity index (χ1) is 13.5. The van der Waals surface area contributed by atoms with Crippen molar-refractivity contribution in [3.63, 3.8) is 0 Å².